The molecular weight excluding hydrogens is 458 g/mol. The average molecular weight is 492 g/mol. The summed E-state index contributed by atoms with van der Waals surface area (Å²) in [6.07, 6.45) is 1.03. The van der Waals surface area contributed by atoms with Crippen molar-refractivity contribution in [3.8, 4) is 11.5 Å². The Hall–Kier alpha value is -3.27. The third-order valence-corrected chi connectivity index (χ3v) is 6.25. The van der Waals surface area contributed by atoms with E-state index in [1.54, 1.807) is 50.4 Å². The van der Waals surface area contributed by atoms with Gasteiger partial charge >= 0.3 is 0 Å². The van der Waals surface area contributed by atoms with E-state index in [1.165, 1.54) is 18.1 Å². The fourth-order valence-electron chi connectivity index (χ4n) is 3.33. The van der Waals surface area contributed by atoms with E-state index < -0.39 is 28.5 Å². The minimum absolute atomic E-state index is 0.0957. The van der Waals surface area contributed by atoms with E-state index in [1.807, 2.05) is 19.9 Å². The van der Waals surface area contributed by atoms with Crippen LogP contribution in [0.4, 0.5) is 5.69 Å². The first-order valence-electron chi connectivity index (χ1n) is 10.8. The van der Waals surface area contributed by atoms with Crippen LogP contribution in [0.2, 0.25) is 0 Å². The molecule has 0 fully saturated rings. The van der Waals surface area contributed by atoms with Gasteiger partial charge in [0.1, 0.15) is 24.1 Å². The number of amides is 2. The molecule has 2 aromatic rings. The Kier molecular flexibility index (Phi) is 9.31. The van der Waals surface area contributed by atoms with Crippen molar-refractivity contribution in [1.29, 1.82) is 0 Å². The lowest BCUT2D eigenvalue weighted by atomic mass is 10.1. The summed E-state index contributed by atoms with van der Waals surface area (Å²) in [5.41, 5.74) is 1.03. The minimum atomic E-state index is -3.81. The molecule has 9 nitrogen and oxygen atoms in total. The molecule has 0 spiro atoms. The molecule has 0 saturated heterocycles. The summed E-state index contributed by atoms with van der Waals surface area (Å²) in [4.78, 5) is 27.6. The van der Waals surface area contributed by atoms with Crippen molar-refractivity contribution < 1.29 is 27.5 Å². The number of carbonyl (C=O) groups excluding carboxylic acids is 2. The molecule has 0 saturated carbocycles. The fourth-order valence-corrected chi connectivity index (χ4v) is 4.18. The van der Waals surface area contributed by atoms with E-state index in [2.05, 4.69) is 5.32 Å². The van der Waals surface area contributed by atoms with Crippen LogP contribution in [0.15, 0.2) is 48.5 Å². The first-order chi connectivity index (χ1) is 16.0. The van der Waals surface area contributed by atoms with Gasteiger partial charge in [-0.15, -0.1) is 0 Å². The summed E-state index contributed by atoms with van der Waals surface area (Å²) < 4.78 is 36.7. The van der Waals surface area contributed by atoms with Crippen LogP contribution in [0.5, 0.6) is 11.5 Å². The molecular formula is C24H33N3O6S. The molecule has 0 aliphatic rings. The standard InChI is InChI=1S/C24H33N3O6S/c1-17(2)25-24(29)18(3)26(15-19-9-7-11-21(13-19)32-4)23(28)16-27(34(6,30)31)20-10-8-12-22(14-20)33-5/h7-14,17-18H,15-16H2,1-6H3,(H,25,29)/t18-/m1/s1. The van der Waals surface area contributed by atoms with Crippen molar-refractivity contribution in [1.82, 2.24) is 10.2 Å². The van der Waals surface area contributed by atoms with E-state index in [-0.39, 0.29) is 24.2 Å². The highest BCUT2D eigenvalue weighted by atomic mass is 32.2. The van der Waals surface area contributed by atoms with Crippen molar-refractivity contribution >= 4 is 27.5 Å². The highest BCUT2D eigenvalue weighted by Crippen LogP contribution is 2.24. The van der Waals surface area contributed by atoms with Gasteiger partial charge in [0, 0.05) is 18.7 Å². The SMILES string of the molecule is COc1cccc(CN(C(=O)CN(c2cccc(OC)c2)S(C)(=O)=O)[C@H](C)C(=O)NC(C)C)c1. The lowest BCUT2D eigenvalue weighted by molar-refractivity contribution is -0.139. The molecule has 0 unspecified atom stereocenters. The first kappa shape index (κ1) is 27.0. The number of ether oxygens (including phenoxy) is 2. The fraction of sp³-hybridized carbons (Fsp3) is 0.417. The molecule has 34 heavy (non-hydrogen) atoms. The molecule has 186 valence electrons. The van der Waals surface area contributed by atoms with Gasteiger partial charge in [-0.3, -0.25) is 13.9 Å². The number of nitrogens with zero attached hydrogens (tertiary/aromatic N) is 2. The normalized spacial score (nSPS) is 12.1. The second-order valence-electron chi connectivity index (χ2n) is 8.18. The van der Waals surface area contributed by atoms with Crippen molar-refractivity contribution in [3.63, 3.8) is 0 Å². The predicted octanol–water partition coefficient (Wildman–Crippen LogP) is 2.41. The summed E-state index contributed by atoms with van der Waals surface area (Å²) in [5, 5.41) is 2.81. The smallest absolute Gasteiger partial charge is 0.244 e. The zero-order chi connectivity index (χ0) is 25.5. The number of rotatable bonds is 11. The minimum Gasteiger partial charge on any atom is -0.497 e. The molecule has 0 bridgehead atoms. The molecule has 0 aromatic heterocycles. The van der Waals surface area contributed by atoms with Crippen LogP contribution in [0.25, 0.3) is 0 Å². The lowest BCUT2D eigenvalue weighted by Crippen LogP contribution is -2.52. The largest absolute Gasteiger partial charge is 0.497 e. The molecule has 1 atom stereocenters. The molecule has 2 amide bonds. The predicted molar refractivity (Wildman–Crippen MR) is 131 cm³/mol. The van der Waals surface area contributed by atoms with Gasteiger partial charge in [-0.25, -0.2) is 8.42 Å². The van der Waals surface area contributed by atoms with E-state index in [9.17, 15) is 18.0 Å². The van der Waals surface area contributed by atoms with Gasteiger partial charge in [-0.2, -0.15) is 0 Å². The molecule has 2 aromatic carbocycles. The summed E-state index contributed by atoms with van der Waals surface area (Å²) >= 11 is 0. The Bertz CT molecular complexity index is 1100. The Morgan fingerprint density at radius 3 is 2.12 bits per heavy atom. The maximum absolute atomic E-state index is 13.5. The second kappa shape index (κ2) is 11.7. The Balaban J connectivity index is 2.41. The average Bonchev–Trinajstić information content (AvgIpc) is 2.79. The molecule has 1 N–H and O–H groups in total. The van der Waals surface area contributed by atoms with Crippen LogP contribution in [0, 0.1) is 0 Å². The quantitative estimate of drug-likeness (QED) is 0.518. The van der Waals surface area contributed by atoms with Gasteiger partial charge in [0.05, 0.1) is 26.2 Å². The summed E-state index contributed by atoms with van der Waals surface area (Å²) in [7, 11) is -0.798. The third kappa shape index (κ3) is 7.38. The Labute approximate surface area is 201 Å². The van der Waals surface area contributed by atoms with Gasteiger partial charge in [0.15, 0.2) is 0 Å². The van der Waals surface area contributed by atoms with Crippen LogP contribution in [-0.4, -0.2) is 64.2 Å². The Morgan fingerprint density at radius 1 is 0.971 bits per heavy atom. The topological polar surface area (TPSA) is 105 Å². The monoisotopic (exact) mass is 491 g/mol. The van der Waals surface area contributed by atoms with Gasteiger partial charge < -0.3 is 19.7 Å². The molecule has 0 radical (unpaired) electrons. The summed E-state index contributed by atoms with van der Waals surface area (Å²) in [6.45, 7) is 4.89. The van der Waals surface area contributed by atoms with E-state index in [0.717, 1.165) is 16.1 Å². The number of methoxy groups -OCH3 is 2. The lowest BCUT2D eigenvalue weighted by Gasteiger charge is -2.32. The van der Waals surface area contributed by atoms with E-state index in [4.69, 9.17) is 9.47 Å². The van der Waals surface area contributed by atoms with Crippen LogP contribution in [0.3, 0.4) is 0 Å². The number of carbonyl (C=O) groups is 2. The third-order valence-electron chi connectivity index (χ3n) is 5.11. The van der Waals surface area contributed by atoms with Gasteiger partial charge in [0.2, 0.25) is 21.8 Å². The van der Waals surface area contributed by atoms with Gasteiger partial charge in [0.25, 0.3) is 0 Å². The number of hydrogen-bond acceptors (Lipinski definition) is 6. The number of hydrogen-bond donors (Lipinski definition) is 1. The molecule has 2 rings (SSSR count). The van der Waals surface area contributed by atoms with Crippen molar-refractivity contribution in [2.45, 2.75) is 39.4 Å². The molecule has 0 aliphatic carbocycles. The van der Waals surface area contributed by atoms with Gasteiger partial charge in [-0.05, 0) is 50.6 Å². The van der Waals surface area contributed by atoms with Crippen LogP contribution in [0.1, 0.15) is 26.3 Å². The summed E-state index contributed by atoms with van der Waals surface area (Å²) in [6, 6.07) is 12.6. The van der Waals surface area contributed by atoms with E-state index >= 15 is 0 Å². The van der Waals surface area contributed by atoms with Crippen molar-refractivity contribution in [2.75, 3.05) is 31.3 Å². The van der Waals surface area contributed by atoms with Crippen LogP contribution in [-0.2, 0) is 26.2 Å². The highest BCUT2D eigenvalue weighted by Gasteiger charge is 2.30. The number of benzene rings is 2. The highest BCUT2D eigenvalue weighted by molar-refractivity contribution is 7.92. The Morgan fingerprint density at radius 2 is 1.56 bits per heavy atom. The summed E-state index contributed by atoms with van der Waals surface area (Å²) in [5.74, 6) is 0.204. The molecule has 0 heterocycles. The van der Waals surface area contributed by atoms with Crippen LogP contribution < -0.4 is 19.1 Å². The zero-order valence-corrected chi connectivity index (χ0v) is 21.3. The molecule has 0 aliphatic heterocycles. The first-order valence-corrected chi connectivity index (χ1v) is 12.7. The number of sulfonamides is 1. The van der Waals surface area contributed by atoms with E-state index in [0.29, 0.717) is 11.5 Å². The zero-order valence-electron chi connectivity index (χ0n) is 20.4. The van der Waals surface area contributed by atoms with Crippen LogP contribution >= 0.6 is 0 Å². The number of nitrogens with one attached hydrogen (secondary N) is 1. The number of anilines is 1. The maximum Gasteiger partial charge on any atom is 0.244 e. The van der Waals surface area contributed by atoms with Gasteiger partial charge in [-0.1, -0.05) is 18.2 Å². The maximum atomic E-state index is 13.5. The molecule has 10 heteroatoms. The second-order valence-corrected chi connectivity index (χ2v) is 10.1. The van der Waals surface area contributed by atoms with Crippen molar-refractivity contribution in [2.24, 2.45) is 0 Å². The van der Waals surface area contributed by atoms with Crippen molar-refractivity contribution in [3.05, 3.63) is 54.1 Å².